The number of rotatable bonds is 12. The first kappa shape index (κ1) is 28.7. The molecule has 34 heavy (non-hydrogen) atoms. The van der Waals surface area contributed by atoms with Gasteiger partial charge in [-0.05, 0) is 28.2 Å². The number of esters is 2. The zero-order valence-electron chi connectivity index (χ0n) is 19.5. The summed E-state index contributed by atoms with van der Waals surface area (Å²) in [4.78, 5) is 56.4. The van der Waals surface area contributed by atoms with Crippen molar-refractivity contribution in [1.29, 1.82) is 0 Å². The van der Waals surface area contributed by atoms with E-state index in [0.29, 0.717) is 13.1 Å². The van der Waals surface area contributed by atoms with Crippen LogP contribution in [-0.2, 0) is 28.7 Å². The van der Waals surface area contributed by atoms with Gasteiger partial charge in [-0.15, -0.1) is 0 Å². The van der Waals surface area contributed by atoms with E-state index in [1.54, 1.807) is 0 Å². The Morgan fingerprint density at radius 3 is 1.44 bits per heavy atom. The zero-order valence-corrected chi connectivity index (χ0v) is 22.8. The van der Waals surface area contributed by atoms with Gasteiger partial charge in [-0.25, -0.2) is 0 Å². The SMILES string of the molecule is CN(C)CCOC(=O)CCN1C(=O)/C(=C2\SC(=S)N(CCC(=O)OCCN(C)C)C2=O)SC1=S. The van der Waals surface area contributed by atoms with Crippen LogP contribution in [0.5, 0.6) is 0 Å². The standard InChI is InChI=1S/C20H28N4O6S4/c1-21(2)9-11-29-13(25)5-7-23-17(27)15(33-19(23)31)16-18(28)24(20(32)34-16)8-6-14(26)30-12-10-22(3)4/h5-12H2,1-4H3/b16-15+. The summed E-state index contributed by atoms with van der Waals surface area (Å²) in [5.74, 6) is -1.75. The van der Waals surface area contributed by atoms with E-state index in [4.69, 9.17) is 33.9 Å². The second-order valence-corrected chi connectivity index (χ2v) is 11.1. The average molecular weight is 549 g/mol. The van der Waals surface area contributed by atoms with E-state index in [-0.39, 0.29) is 57.6 Å². The van der Waals surface area contributed by atoms with Gasteiger partial charge in [0.25, 0.3) is 11.8 Å². The molecule has 2 aliphatic heterocycles. The lowest BCUT2D eigenvalue weighted by Crippen LogP contribution is -2.32. The Labute approximate surface area is 218 Å². The molecule has 2 amide bonds. The van der Waals surface area contributed by atoms with E-state index in [2.05, 4.69) is 0 Å². The first-order valence-electron chi connectivity index (χ1n) is 10.4. The molecule has 0 aromatic rings. The van der Waals surface area contributed by atoms with E-state index in [1.165, 1.54) is 9.80 Å². The molecule has 2 saturated heterocycles. The first-order valence-corrected chi connectivity index (χ1v) is 12.9. The van der Waals surface area contributed by atoms with Crippen LogP contribution in [0.25, 0.3) is 0 Å². The smallest absolute Gasteiger partial charge is 0.307 e. The molecule has 0 bridgehead atoms. The highest BCUT2D eigenvalue weighted by molar-refractivity contribution is 8.29. The van der Waals surface area contributed by atoms with Gasteiger partial charge in [-0.2, -0.15) is 0 Å². The fourth-order valence-corrected chi connectivity index (χ4v) is 5.46. The van der Waals surface area contributed by atoms with Gasteiger partial charge in [0.2, 0.25) is 0 Å². The van der Waals surface area contributed by atoms with Crippen molar-refractivity contribution in [3.63, 3.8) is 0 Å². The van der Waals surface area contributed by atoms with Crippen molar-refractivity contribution < 1.29 is 28.7 Å². The largest absolute Gasteiger partial charge is 0.464 e. The molecule has 14 heteroatoms. The summed E-state index contributed by atoms with van der Waals surface area (Å²) in [5, 5.41) is 0. The predicted molar refractivity (Wildman–Crippen MR) is 139 cm³/mol. The number of likely N-dealkylation sites (N-methyl/N-ethyl adjacent to an activating group) is 2. The van der Waals surface area contributed by atoms with E-state index >= 15 is 0 Å². The van der Waals surface area contributed by atoms with Gasteiger partial charge in [0.15, 0.2) is 0 Å². The third-order valence-electron chi connectivity index (χ3n) is 4.59. The number of amides is 2. The van der Waals surface area contributed by atoms with Crippen LogP contribution in [0.3, 0.4) is 0 Å². The van der Waals surface area contributed by atoms with Gasteiger partial charge in [-0.3, -0.25) is 29.0 Å². The van der Waals surface area contributed by atoms with Gasteiger partial charge in [0, 0.05) is 26.2 Å². The highest BCUT2D eigenvalue weighted by atomic mass is 32.2. The molecule has 2 fully saturated rings. The summed E-state index contributed by atoms with van der Waals surface area (Å²) in [6.45, 7) is 1.85. The molecule has 188 valence electrons. The van der Waals surface area contributed by atoms with Gasteiger partial charge < -0.3 is 19.3 Å². The second-order valence-electron chi connectivity index (χ2n) is 7.86. The number of thiocarbonyl (C=S) groups is 2. The molecule has 0 spiro atoms. The minimum atomic E-state index is -0.445. The van der Waals surface area contributed by atoms with Gasteiger partial charge in [0.1, 0.15) is 21.9 Å². The minimum Gasteiger partial charge on any atom is -0.464 e. The molecule has 0 N–H and O–H groups in total. The lowest BCUT2D eigenvalue weighted by molar-refractivity contribution is -0.145. The van der Waals surface area contributed by atoms with Crippen molar-refractivity contribution in [2.75, 3.05) is 67.6 Å². The Hall–Kier alpha value is -1.58. The van der Waals surface area contributed by atoms with Crippen LogP contribution in [-0.4, -0.2) is 120 Å². The summed E-state index contributed by atoms with van der Waals surface area (Å²) in [6, 6.07) is 0. The molecule has 10 nitrogen and oxygen atoms in total. The summed E-state index contributed by atoms with van der Waals surface area (Å²) >= 11 is 12.6. The molecule has 2 rings (SSSR count). The van der Waals surface area contributed by atoms with Crippen LogP contribution >= 0.6 is 48.0 Å². The summed E-state index contributed by atoms with van der Waals surface area (Å²) in [6.07, 6.45) is -0.0198. The number of nitrogens with zero attached hydrogens (tertiary/aromatic N) is 4. The number of ether oxygens (including phenoxy) is 2. The fourth-order valence-electron chi connectivity index (χ4n) is 2.69. The lowest BCUT2D eigenvalue weighted by Gasteiger charge is -2.15. The molecule has 0 saturated carbocycles. The van der Waals surface area contributed by atoms with Crippen molar-refractivity contribution in [3.8, 4) is 0 Å². The van der Waals surface area contributed by atoms with Crippen molar-refractivity contribution in [1.82, 2.24) is 19.6 Å². The Kier molecular flexibility index (Phi) is 11.4. The maximum Gasteiger partial charge on any atom is 0.307 e. The monoisotopic (exact) mass is 548 g/mol. The number of hydrogen-bond donors (Lipinski definition) is 0. The Morgan fingerprint density at radius 2 is 1.12 bits per heavy atom. The quantitative estimate of drug-likeness (QED) is 0.197. The van der Waals surface area contributed by atoms with E-state index in [1.807, 2.05) is 38.0 Å². The van der Waals surface area contributed by atoms with E-state index in [9.17, 15) is 19.2 Å². The van der Waals surface area contributed by atoms with Crippen LogP contribution in [0, 0.1) is 0 Å². The molecule has 2 aliphatic rings. The second kappa shape index (κ2) is 13.5. The highest BCUT2D eigenvalue weighted by Gasteiger charge is 2.42. The van der Waals surface area contributed by atoms with Crippen molar-refractivity contribution in [2.24, 2.45) is 0 Å². The van der Waals surface area contributed by atoms with E-state index in [0.717, 1.165) is 23.5 Å². The minimum absolute atomic E-state index is 0.00988. The van der Waals surface area contributed by atoms with Crippen LogP contribution in [0.2, 0.25) is 0 Å². The molecule has 0 unspecified atom stereocenters. The zero-order chi connectivity index (χ0) is 25.4. The third-order valence-corrected chi connectivity index (χ3v) is 7.61. The third kappa shape index (κ3) is 8.27. The maximum atomic E-state index is 12.9. The first-order chi connectivity index (χ1) is 16.0. The normalized spacial score (nSPS) is 18.6. The lowest BCUT2D eigenvalue weighted by atomic mass is 10.3. The van der Waals surface area contributed by atoms with Gasteiger partial charge in [0.05, 0.1) is 22.7 Å². The molecule has 0 aliphatic carbocycles. The molecule has 0 aromatic heterocycles. The molecule has 2 heterocycles. The van der Waals surface area contributed by atoms with Crippen LogP contribution in [0.1, 0.15) is 12.8 Å². The molecule has 0 aromatic carbocycles. The Morgan fingerprint density at radius 1 is 0.765 bits per heavy atom. The summed E-state index contributed by atoms with van der Waals surface area (Å²) < 4.78 is 10.8. The van der Waals surface area contributed by atoms with Crippen LogP contribution in [0.15, 0.2) is 9.81 Å². The van der Waals surface area contributed by atoms with Gasteiger partial charge in [-0.1, -0.05) is 48.0 Å². The van der Waals surface area contributed by atoms with E-state index < -0.39 is 23.8 Å². The number of carbonyl (C=O) groups excluding carboxylic acids is 4. The average Bonchev–Trinajstić information content (AvgIpc) is 3.18. The molecule has 0 radical (unpaired) electrons. The fraction of sp³-hybridized carbons (Fsp3) is 0.600. The number of carbonyl (C=O) groups is 4. The number of hydrogen-bond acceptors (Lipinski definition) is 12. The topological polar surface area (TPSA) is 99.7 Å². The maximum absolute atomic E-state index is 12.9. The summed E-state index contributed by atoms with van der Waals surface area (Å²) in [5.41, 5.74) is 0. The Balaban J connectivity index is 1.93. The van der Waals surface area contributed by atoms with Crippen molar-refractivity contribution in [2.45, 2.75) is 12.8 Å². The summed E-state index contributed by atoms with van der Waals surface area (Å²) in [7, 11) is 7.48. The molecular formula is C20H28N4O6S4. The highest BCUT2D eigenvalue weighted by Crippen LogP contribution is 2.42. The van der Waals surface area contributed by atoms with Crippen LogP contribution in [0.4, 0.5) is 0 Å². The van der Waals surface area contributed by atoms with Crippen LogP contribution < -0.4 is 0 Å². The predicted octanol–water partition coefficient (Wildman–Crippen LogP) is 0.908. The Bertz CT molecular complexity index is 822. The van der Waals surface area contributed by atoms with Crippen molar-refractivity contribution in [3.05, 3.63) is 9.81 Å². The molecular weight excluding hydrogens is 521 g/mol. The van der Waals surface area contributed by atoms with Gasteiger partial charge >= 0.3 is 11.9 Å². The molecule has 0 atom stereocenters. The van der Waals surface area contributed by atoms with Crippen molar-refractivity contribution >= 4 is 80.4 Å². The number of thioether (sulfide) groups is 2.